The average molecular weight is 810 g/mol. The molecule has 2 saturated heterocycles. The van der Waals surface area contributed by atoms with Crippen LogP contribution in [-0.2, 0) is 42.9 Å². The number of halogens is 1. The number of alkyl halides is 1. The highest BCUT2D eigenvalue weighted by molar-refractivity contribution is 6.39. The number of hydrogen-bond acceptors (Lipinski definition) is 11. The summed E-state index contributed by atoms with van der Waals surface area (Å²) in [6.07, 6.45) is 5.16. The van der Waals surface area contributed by atoms with Gasteiger partial charge in [0.15, 0.2) is 0 Å². The van der Waals surface area contributed by atoms with Crippen LogP contribution in [-0.4, -0.2) is 120 Å². The Morgan fingerprint density at radius 3 is 2.27 bits per heavy atom. The molecule has 0 aromatic heterocycles. The summed E-state index contributed by atoms with van der Waals surface area (Å²) in [5.74, 6) is -7.31. The molecule has 4 rings (SSSR count). The molecule has 1 amide bonds. The lowest BCUT2D eigenvalue weighted by molar-refractivity contribution is -0.302. The number of hydrogen-bond donors (Lipinski definition) is 2. The molecule has 0 spiro atoms. The molecule has 14 atom stereocenters. The molecule has 0 aromatic carbocycles. The zero-order valence-corrected chi connectivity index (χ0v) is 35.8. The van der Waals surface area contributed by atoms with Crippen LogP contribution >= 0.6 is 11.6 Å². The van der Waals surface area contributed by atoms with Crippen LogP contribution in [0.4, 0.5) is 0 Å². The van der Waals surface area contributed by atoms with E-state index in [-0.39, 0.29) is 54.9 Å². The van der Waals surface area contributed by atoms with Gasteiger partial charge in [0.25, 0.3) is 11.7 Å². The van der Waals surface area contributed by atoms with Gasteiger partial charge in [-0.15, -0.1) is 11.6 Å². The molecule has 1 saturated carbocycles. The maximum atomic E-state index is 14.3. The highest BCUT2D eigenvalue weighted by Crippen LogP contribution is 2.39. The number of nitrogens with zero attached hydrogens (tertiary/aromatic N) is 1. The first-order chi connectivity index (χ1) is 26.5. The summed E-state index contributed by atoms with van der Waals surface area (Å²) in [6.45, 7) is 11.3. The lowest BCUT2D eigenvalue weighted by Gasteiger charge is -2.47. The summed E-state index contributed by atoms with van der Waals surface area (Å²) in [5.41, 5.74) is 1.71. The Morgan fingerprint density at radius 2 is 1.62 bits per heavy atom. The van der Waals surface area contributed by atoms with Gasteiger partial charge in [-0.05, 0) is 95.5 Å². The number of piperidine rings is 1. The van der Waals surface area contributed by atoms with E-state index >= 15 is 0 Å². The van der Waals surface area contributed by atoms with Crippen molar-refractivity contribution in [1.82, 2.24) is 4.90 Å². The zero-order valence-electron chi connectivity index (χ0n) is 35.0. The molecule has 3 fully saturated rings. The van der Waals surface area contributed by atoms with Crippen molar-refractivity contribution in [3.05, 3.63) is 23.3 Å². The number of aliphatic hydroxyl groups is 2. The molecule has 0 radical (unpaired) electrons. The van der Waals surface area contributed by atoms with Gasteiger partial charge in [-0.2, -0.15) is 0 Å². The number of rotatable bonds is 6. The Bertz CT molecular complexity index is 1440. The standard InChI is InChI=1S/C43H68ClNO11/c1-10-30-18-24(2)17-25(3)19-36(53-8)39-37(54-9)21-27(5)43(51,56-39)40(48)41(49)45-16-12-11-13-32(45)42(50)55-38(28(6)33(46)23-34(30)47)26(4)20-29-14-15-31(44)35(22-29)52-7/h18,20,25,27-33,35-39,46,51H,10-17,19,21-23H2,1-9H3/b24-18-,26-20+/t25-,27+,28+,29+,30-,31-,32-,33-,35+,36-,37-,38+,39+,43+/m0/s1. The van der Waals surface area contributed by atoms with E-state index in [4.69, 9.17) is 35.3 Å². The number of allylic oxidation sites excluding steroid dienone is 3. The molecule has 56 heavy (non-hydrogen) atoms. The number of aliphatic hydroxyl groups excluding tert-OH is 1. The van der Waals surface area contributed by atoms with Gasteiger partial charge >= 0.3 is 5.97 Å². The van der Waals surface area contributed by atoms with E-state index in [0.717, 1.165) is 18.4 Å². The summed E-state index contributed by atoms with van der Waals surface area (Å²) < 4.78 is 29.9. The molecule has 12 nitrogen and oxygen atoms in total. The van der Waals surface area contributed by atoms with Gasteiger partial charge in [0.2, 0.25) is 5.79 Å². The molecule has 3 heterocycles. The smallest absolute Gasteiger partial charge is 0.329 e. The lowest BCUT2D eigenvalue weighted by atomic mass is 9.82. The number of ether oxygens (including phenoxy) is 5. The number of carbonyl (C=O) groups excluding carboxylic acids is 4. The van der Waals surface area contributed by atoms with E-state index in [0.29, 0.717) is 44.1 Å². The maximum absolute atomic E-state index is 14.3. The summed E-state index contributed by atoms with van der Waals surface area (Å²) in [7, 11) is 4.71. The third-order valence-corrected chi connectivity index (χ3v) is 13.3. The quantitative estimate of drug-likeness (QED) is 0.146. The minimum atomic E-state index is -2.49. The average Bonchev–Trinajstić information content (AvgIpc) is 3.18. The Hall–Kier alpha value is -2.19. The van der Waals surface area contributed by atoms with E-state index in [2.05, 4.69) is 6.92 Å². The van der Waals surface area contributed by atoms with Crippen LogP contribution in [0.2, 0.25) is 0 Å². The van der Waals surface area contributed by atoms with E-state index in [1.54, 1.807) is 21.0 Å². The third kappa shape index (κ3) is 10.9. The number of Topliss-reactive ketones (excluding diaryl/α,β-unsaturated/α-hetero) is 2. The topological polar surface area (TPSA) is 158 Å². The van der Waals surface area contributed by atoms with Crippen LogP contribution < -0.4 is 0 Å². The molecular formula is C43H68ClNO11. The lowest BCUT2D eigenvalue weighted by Crippen LogP contribution is -2.64. The van der Waals surface area contributed by atoms with Gasteiger partial charge < -0.3 is 38.8 Å². The highest BCUT2D eigenvalue weighted by atomic mass is 35.5. The van der Waals surface area contributed by atoms with E-state index < -0.39 is 77.8 Å². The number of cyclic esters (lactones) is 1. The Morgan fingerprint density at radius 1 is 0.964 bits per heavy atom. The van der Waals surface area contributed by atoms with E-state index in [1.165, 1.54) is 19.1 Å². The van der Waals surface area contributed by atoms with Crippen LogP contribution in [0, 0.1) is 29.6 Å². The highest BCUT2D eigenvalue weighted by Gasteiger charge is 2.56. The van der Waals surface area contributed by atoms with Crippen LogP contribution in [0.15, 0.2) is 23.3 Å². The summed E-state index contributed by atoms with van der Waals surface area (Å²) in [6, 6.07) is -1.12. The summed E-state index contributed by atoms with van der Waals surface area (Å²) in [5, 5.41) is 23.6. The second-order valence-electron chi connectivity index (χ2n) is 17.1. The summed E-state index contributed by atoms with van der Waals surface area (Å²) in [4.78, 5) is 57.7. The van der Waals surface area contributed by atoms with Gasteiger partial charge in [0.05, 0.1) is 29.8 Å². The fourth-order valence-corrected chi connectivity index (χ4v) is 9.69. The number of ketones is 2. The predicted octanol–water partition coefficient (Wildman–Crippen LogP) is 5.72. The molecule has 13 heteroatoms. The minimum Gasteiger partial charge on any atom is -0.456 e. The Balaban J connectivity index is 1.76. The normalized spacial score (nSPS) is 41.6. The van der Waals surface area contributed by atoms with Crippen molar-refractivity contribution in [3.63, 3.8) is 0 Å². The van der Waals surface area contributed by atoms with Gasteiger partial charge in [-0.3, -0.25) is 14.4 Å². The van der Waals surface area contributed by atoms with Crippen LogP contribution in [0.3, 0.4) is 0 Å². The van der Waals surface area contributed by atoms with Crippen molar-refractivity contribution >= 4 is 35.0 Å². The molecular weight excluding hydrogens is 742 g/mol. The molecule has 2 N–H and O–H groups in total. The van der Waals surface area contributed by atoms with Gasteiger partial charge in [0.1, 0.15) is 24.0 Å². The summed E-state index contributed by atoms with van der Waals surface area (Å²) >= 11 is 6.52. The minimum absolute atomic E-state index is 0.0425. The Kier molecular flexibility index (Phi) is 17.2. The second-order valence-corrected chi connectivity index (χ2v) is 17.7. The number of carbonyl (C=O) groups is 4. The van der Waals surface area contributed by atoms with Crippen LogP contribution in [0.1, 0.15) is 112 Å². The van der Waals surface area contributed by atoms with Crippen molar-refractivity contribution in [2.75, 3.05) is 27.9 Å². The number of amides is 1. The molecule has 0 unspecified atom stereocenters. The van der Waals surface area contributed by atoms with E-state index in [9.17, 15) is 29.4 Å². The van der Waals surface area contributed by atoms with Crippen LogP contribution in [0.25, 0.3) is 0 Å². The first-order valence-electron chi connectivity index (χ1n) is 20.7. The Labute approximate surface area is 339 Å². The van der Waals surface area contributed by atoms with Crippen LogP contribution in [0.5, 0.6) is 0 Å². The SMILES string of the molecule is CC[C@H]1/C=C(/C)C[C@H](C)C[C@H](OC)[C@H]2O[C@@](O)(C(=O)C(=O)N3CCCC[C@H]3C(=O)O[C@H](/C(C)=C/[C@H]3CC[C@H](Cl)[C@H](OC)C3)[C@H](C)[C@@H](O)CC1=O)[C@H](C)C[C@@H]2OC. The molecule has 0 aromatic rings. The fourth-order valence-electron chi connectivity index (χ4n) is 9.36. The number of esters is 1. The predicted molar refractivity (Wildman–Crippen MR) is 212 cm³/mol. The molecule has 3 aliphatic heterocycles. The molecule has 318 valence electrons. The van der Waals surface area contributed by atoms with Crippen molar-refractivity contribution < 1.29 is 53.1 Å². The largest absolute Gasteiger partial charge is 0.456 e. The van der Waals surface area contributed by atoms with Crippen molar-refractivity contribution in [2.24, 2.45) is 29.6 Å². The van der Waals surface area contributed by atoms with Gasteiger partial charge in [0, 0.05) is 52.0 Å². The molecule has 4 aliphatic rings. The number of methoxy groups -OCH3 is 3. The first kappa shape index (κ1) is 46.5. The maximum Gasteiger partial charge on any atom is 0.329 e. The monoisotopic (exact) mass is 809 g/mol. The zero-order chi connectivity index (χ0) is 41.5. The van der Waals surface area contributed by atoms with Gasteiger partial charge in [-0.25, -0.2) is 4.79 Å². The first-order valence-corrected chi connectivity index (χ1v) is 21.2. The second kappa shape index (κ2) is 20.7. The third-order valence-electron chi connectivity index (χ3n) is 12.8. The van der Waals surface area contributed by atoms with E-state index in [1.807, 2.05) is 32.9 Å². The van der Waals surface area contributed by atoms with Crippen molar-refractivity contribution in [1.29, 1.82) is 0 Å². The van der Waals surface area contributed by atoms with Gasteiger partial charge in [-0.1, -0.05) is 45.4 Å². The number of fused-ring (bicyclic) bond motifs is 3. The molecule has 2 bridgehead atoms. The van der Waals surface area contributed by atoms with Crippen molar-refractivity contribution in [3.8, 4) is 0 Å². The van der Waals surface area contributed by atoms with Crippen molar-refractivity contribution in [2.45, 2.75) is 166 Å². The fraction of sp³-hybridized carbons (Fsp3) is 0.814. The molecule has 1 aliphatic carbocycles.